The van der Waals surface area contributed by atoms with E-state index in [0.29, 0.717) is 22.5 Å². The van der Waals surface area contributed by atoms with Crippen LogP contribution in [0, 0.1) is 12.7 Å². The predicted octanol–water partition coefficient (Wildman–Crippen LogP) is 3.02. The first-order valence-corrected chi connectivity index (χ1v) is 6.25. The van der Waals surface area contributed by atoms with E-state index in [0.717, 1.165) is 5.39 Å². The van der Waals surface area contributed by atoms with Crippen LogP contribution in [0.4, 0.5) is 10.2 Å². The van der Waals surface area contributed by atoms with Gasteiger partial charge < -0.3 is 5.73 Å². The molecular formula is C16H13FN2O. The number of hydrogen-bond acceptors (Lipinski definition) is 2. The maximum atomic E-state index is 13.7. The van der Waals surface area contributed by atoms with E-state index >= 15 is 0 Å². The van der Waals surface area contributed by atoms with Gasteiger partial charge in [-0.25, -0.2) is 4.39 Å². The Labute approximate surface area is 115 Å². The molecule has 1 aromatic heterocycles. The van der Waals surface area contributed by atoms with Gasteiger partial charge in [0.2, 0.25) is 0 Å². The number of benzene rings is 2. The molecule has 0 aliphatic heterocycles. The number of nitrogen functional groups attached to an aromatic ring is 1. The van der Waals surface area contributed by atoms with Gasteiger partial charge in [0.05, 0.1) is 5.69 Å². The van der Waals surface area contributed by atoms with Crippen molar-refractivity contribution in [2.45, 2.75) is 6.92 Å². The Morgan fingerprint density at radius 2 is 1.85 bits per heavy atom. The summed E-state index contributed by atoms with van der Waals surface area (Å²) in [7, 11) is 0. The van der Waals surface area contributed by atoms with Crippen LogP contribution in [0.3, 0.4) is 0 Å². The fraction of sp³-hybridized carbons (Fsp3) is 0.0625. The van der Waals surface area contributed by atoms with Gasteiger partial charge in [-0.2, -0.15) is 0 Å². The minimum Gasteiger partial charge on any atom is -0.385 e. The van der Waals surface area contributed by atoms with Gasteiger partial charge in [0.15, 0.2) is 0 Å². The maximum Gasteiger partial charge on any atom is 0.264 e. The number of halogens is 1. The third kappa shape index (κ3) is 1.77. The van der Waals surface area contributed by atoms with Crippen molar-refractivity contribution in [1.82, 2.24) is 4.57 Å². The van der Waals surface area contributed by atoms with Crippen LogP contribution in [-0.2, 0) is 0 Å². The molecule has 0 aliphatic carbocycles. The van der Waals surface area contributed by atoms with Crippen LogP contribution >= 0.6 is 0 Å². The molecule has 0 radical (unpaired) electrons. The number of anilines is 1. The molecule has 1 heterocycles. The van der Waals surface area contributed by atoms with E-state index in [2.05, 4.69) is 0 Å². The smallest absolute Gasteiger partial charge is 0.264 e. The monoisotopic (exact) mass is 268 g/mol. The topological polar surface area (TPSA) is 48.0 Å². The first-order valence-electron chi connectivity index (χ1n) is 6.25. The second-order valence-corrected chi connectivity index (χ2v) is 4.68. The van der Waals surface area contributed by atoms with Crippen LogP contribution < -0.4 is 11.3 Å². The van der Waals surface area contributed by atoms with E-state index < -0.39 is 0 Å². The second kappa shape index (κ2) is 4.49. The van der Waals surface area contributed by atoms with E-state index in [-0.39, 0.29) is 11.4 Å². The van der Waals surface area contributed by atoms with Crippen LogP contribution in [-0.4, -0.2) is 4.57 Å². The molecule has 2 N–H and O–H groups in total. The summed E-state index contributed by atoms with van der Waals surface area (Å²) in [6.07, 6.45) is 0. The number of pyridine rings is 1. The van der Waals surface area contributed by atoms with Crippen LogP contribution in [0.15, 0.2) is 53.3 Å². The van der Waals surface area contributed by atoms with Crippen LogP contribution in [0.5, 0.6) is 0 Å². The molecule has 0 amide bonds. The molecule has 0 fully saturated rings. The van der Waals surface area contributed by atoms with E-state index in [1.807, 2.05) is 12.1 Å². The van der Waals surface area contributed by atoms with Crippen molar-refractivity contribution in [3.05, 3.63) is 70.3 Å². The number of aromatic nitrogens is 1. The molecule has 20 heavy (non-hydrogen) atoms. The lowest BCUT2D eigenvalue weighted by atomic mass is 10.1. The highest BCUT2D eigenvalue weighted by atomic mass is 19.1. The Morgan fingerprint density at radius 3 is 2.65 bits per heavy atom. The SMILES string of the molecule is Cc1c(F)cccc1-n1c(N)cc2ccccc2c1=O. The fourth-order valence-electron chi connectivity index (χ4n) is 2.37. The summed E-state index contributed by atoms with van der Waals surface area (Å²) in [5.74, 6) is -0.0654. The summed E-state index contributed by atoms with van der Waals surface area (Å²) in [5.41, 5.74) is 6.61. The zero-order valence-electron chi connectivity index (χ0n) is 10.9. The van der Waals surface area contributed by atoms with Gasteiger partial charge in [0, 0.05) is 10.9 Å². The standard InChI is InChI=1S/C16H13FN2O/c1-10-13(17)7-4-8-14(10)19-15(18)9-11-5-2-3-6-12(11)16(19)20/h2-9H,18H2,1H3. The van der Waals surface area contributed by atoms with Crippen LogP contribution in [0.25, 0.3) is 16.5 Å². The summed E-state index contributed by atoms with van der Waals surface area (Å²) in [5, 5.41) is 1.34. The molecule has 0 unspecified atom stereocenters. The molecule has 2 aromatic carbocycles. The van der Waals surface area contributed by atoms with Gasteiger partial charge in [-0.05, 0) is 36.6 Å². The maximum absolute atomic E-state index is 13.7. The van der Waals surface area contributed by atoms with Crippen LogP contribution in [0.2, 0.25) is 0 Å². The quantitative estimate of drug-likeness (QED) is 0.737. The molecule has 3 rings (SSSR count). The van der Waals surface area contributed by atoms with Crippen molar-refractivity contribution in [2.75, 3.05) is 5.73 Å². The molecule has 0 aliphatic rings. The lowest BCUT2D eigenvalue weighted by Crippen LogP contribution is -2.22. The average Bonchev–Trinajstić information content (AvgIpc) is 2.43. The zero-order valence-corrected chi connectivity index (χ0v) is 10.9. The first-order chi connectivity index (χ1) is 9.59. The fourth-order valence-corrected chi connectivity index (χ4v) is 2.37. The Balaban J connectivity index is 2.43. The Hall–Kier alpha value is -2.62. The van der Waals surface area contributed by atoms with E-state index in [1.54, 1.807) is 37.3 Å². The Bertz CT molecular complexity index is 868. The normalized spacial score (nSPS) is 10.9. The molecule has 4 heteroatoms. The molecule has 0 saturated carbocycles. The predicted molar refractivity (Wildman–Crippen MR) is 78.7 cm³/mol. The average molecular weight is 268 g/mol. The van der Waals surface area contributed by atoms with E-state index in [1.165, 1.54) is 10.6 Å². The van der Waals surface area contributed by atoms with Crippen molar-refractivity contribution in [3.63, 3.8) is 0 Å². The Kier molecular flexibility index (Phi) is 2.79. The summed E-state index contributed by atoms with van der Waals surface area (Å²) >= 11 is 0. The molecule has 3 aromatic rings. The number of rotatable bonds is 1. The Morgan fingerprint density at radius 1 is 1.10 bits per heavy atom. The number of hydrogen-bond donors (Lipinski definition) is 1. The highest BCUT2D eigenvalue weighted by Crippen LogP contribution is 2.21. The van der Waals surface area contributed by atoms with Gasteiger partial charge in [-0.3, -0.25) is 9.36 Å². The number of fused-ring (bicyclic) bond motifs is 1. The molecule has 0 saturated heterocycles. The number of nitrogens with two attached hydrogens (primary N) is 1. The molecule has 0 bridgehead atoms. The first kappa shape index (κ1) is 12.4. The van der Waals surface area contributed by atoms with Crippen molar-refractivity contribution in [2.24, 2.45) is 0 Å². The largest absolute Gasteiger partial charge is 0.385 e. The van der Waals surface area contributed by atoms with Gasteiger partial charge >= 0.3 is 0 Å². The molecule has 0 spiro atoms. The second-order valence-electron chi connectivity index (χ2n) is 4.68. The molecule has 0 atom stereocenters. The molecule has 3 nitrogen and oxygen atoms in total. The van der Waals surface area contributed by atoms with Gasteiger partial charge in [0.25, 0.3) is 5.56 Å². The zero-order chi connectivity index (χ0) is 14.3. The highest BCUT2D eigenvalue weighted by Gasteiger charge is 2.12. The molecule has 100 valence electrons. The summed E-state index contributed by atoms with van der Waals surface area (Å²) < 4.78 is 15.0. The van der Waals surface area contributed by atoms with Gasteiger partial charge in [0.1, 0.15) is 11.6 Å². The van der Waals surface area contributed by atoms with Crippen LogP contribution in [0.1, 0.15) is 5.56 Å². The van der Waals surface area contributed by atoms with Crippen molar-refractivity contribution in [1.29, 1.82) is 0 Å². The minimum absolute atomic E-state index is 0.241. The lowest BCUT2D eigenvalue weighted by molar-refractivity contribution is 0.616. The van der Waals surface area contributed by atoms with E-state index in [9.17, 15) is 9.18 Å². The van der Waals surface area contributed by atoms with E-state index in [4.69, 9.17) is 5.73 Å². The lowest BCUT2D eigenvalue weighted by Gasteiger charge is -2.14. The summed E-state index contributed by atoms with van der Waals surface area (Å²) in [6.45, 7) is 1.63. The van der Waals surface area contributed by atoms with Crippen molar-refractivity contribution in [3.8, 4) is 5.69 Å². The summed E-state index contributed by atoms with van der Waals surface area (Å²) in [4.78, 5) is 12.6. The van der Waals surface area contributed by atoms with Crippen molar-refractivity contribution < 1.29 is 4.39 Å². The minimum atomic E-state index is -0.359. The third-order valence-corrected chi connectivity index (χ3v) is 3.44. The van der Waals surface area contributed by atoms with Gasteiger partial charge in [-0.1, -0.05) is 24.3 Å². The molecular weight excluding hydrogens is 255 g/mol. The third-order valence-electron chi connectivity index (χ3n) is 3.44. The number of nitrogens with zero attached hydrogens (tertiary/aromatic N) is 1. The van der Waals surface area contributed by atoms with Crippen molar-refractivity contribution >= 4 is 16.6 Å². The highest BCUT2D eigenvalue weighted by molar-refractivity contribution is 5.84. The van der Waals surface area contributed by atoms with Gasteiger partial charge in [-0.15, -0.1) is 0 Å². The summed E-state index contributed by atoms with van der Waals surface area (Å²) in [6, 6.07) is 13.5.